The van der Waals surface area contributed by atoms with Crippen molar-refractivity contribution in [3.63, 3.8) is 0 Å². The Bertz CT molecular complexity index is 1590. The highest BCUT2D eigenvalue weighted by molar-refractivity contribution is 6.39. The molecule has 4 unspecified atom stereocenters. The highest BCUT2D eigenvalue weighted by atomic mass is 35.5. The van der Waals surface area contributed by atoms with Gasteiger partial charge in [-0.15, -0.1) is 0 Å². The van der Waals surface area contributed by atoms with E-state index in [9.17, 15) is 4.79 Å². The molecule has 1 spiro atoms. The van der Waals surface area contributed by atoms with E-state index in [0.717, 1.165) is 58.4 Å². The van der Waals surface area contributed by atoms with Crippen molar-refractivity contribution in [3.05, 3.63) is 88.4 Å². The van der Waals surface area contributed by atoms with Gasteiger partial charge in [0.25, 0.3) is 0 Å². The lowest BCUT2D eigenvalue weighted by Gasteiger charge is -2.15. The zero-order chi connectivity index (χ0) is 28.1. The van der Waals surface area contributed by atoms with Crippen LogP contribution in [0.2, 0.25) is 10.0 Å². The number of aromatic nitrogens is 2. The summed E-state index contributed by atoms with van der Waals surface area (Å²) in [7, 11) is 0. The van der Waals surface area contributed by atoms with Gasteiger partial charge in [-0.1, -0.05) is 52.6 Å². The molecule has 4 atom stereocenters. The molecule has 4 fully saturated rings. The van der Waals surface area contributed by atoms with Crippen molar-refractivity contribution < 1.29 is 14.1 Å². The number of nitrogens with two attached hydrogens (primary N) is 1. The van der Waals surface area contributed by atoms with E-state index in [1.807, 2.05) is 48.5 Å². The molecule has 0 saturated heterocycles. The van der Waals surface area contributed by atoms with Crippen LogP contribution < -0.4 is 11.1 Å². The average molecular weight is 590 g/mol. The molecule has 4 aromatic rings. The van der Waals surface area contributed by atoms with Crippen molar-refractivity contribution in [2.75, 3.05) is 5.32 Å². The molecular weight excluding hydrogens is 559 g/mol. The van der Waals surface area contributed by atoms with Crippen molar-refractivity contribution in [3.8, 4) is 22.4 Å². The average Bonchev–Trinajstić information content (AvgIpc) is 3.92. The van der Waals surface area contributed by atoms with Crippen LogP contribution in [-0.2, 0) is 11.3 Å². The maximum absolute atomic E-state index is 10.7. The lowest BCUT2D eigenvalue weighted by Crippen LogP contribution is -2.19. The molecular formula is C32H30Cl2N4O3. The molecule has 210 valence electrons. The van der Waals surface area contributed by atoms with E-state index in [2.05, 4.69) is 15.5 Å². The third-order valence-electron chi connectivity index (χ3n) is 8.96. The smallest absolute Gasteiger partial charge is 0.316 e. The summed E-state index contributed by atoms with van der Waals surface area (Å²) >= 11 is 12.8. The van der Waals surface area contributed by atoms with Gasteiger partial charge in [0.2, 0.25) is 0 Å². The lowest BCUT2D eigenvalue weighted by molar-refractivity contribution is 0.0242. The van der Waals surface area contributed by atoms with E-state index >= 15 is 0 Å². The number of pyridine rings is 1. The van der Waals surface area contributed by atoms with Gasteiger partial charge in [0, 0.05) is 40.7 Å². The van der Waals surface area contributed by atoms with E-state index < -0.39 is 6.03 Å². The molecule has 41 heavy (non-hydrogen) atoms. The van der Waals surface area contributed by atoms with E-state index in [-0.39, 0.29) is 0 Å². The van der Waals surface area contributed by atoms with Gasteiger partial charge in [-0.3, -0.25) is 4.98 Å². The van der Waals surface area contributed by atoms with Crippen LogP contribution in [-0.4, -0.2) is 22.3 Å². The molecule has 0 radical (unpaired) electrons. The number of ether oxygens (including phenoxy) is 1. The molecule has 0 bridgehead atoms. The zero-order valence-corrected chi connectivity index (χ0v) is 23.9. The first-order valence-corrected chi connectivity index (χ1v) is 14.8. The van der Waals surface area contributed by atoms with Crippen LogP contribution >= 0.6 is 23.2 Å². The summed E-state index contributed by atoms with van der Waals surface area (Å²) in [5.41, 5.74) is 11.0. The van der Waals surface area contributed by atoms with Crippen LogP contribution in [0.15, 0.2) is 71.5 Å². The molecule has 4 saturated carbocycles. The van der Waals surface area contributed by atoms with Crippen LogP contribution in [0.25, 0.3) is 22.4 Å². The van der Waals surface area contributed by atoms with Crippen molar-refractivity contribution in [1.29, 1.82) is 0 Å². The van der Waals surface area contributed by atoms with Crippen LogP contribution in [0.3, 0.4) is 0 Å². The first-order valence-electron chi connectivity index (χ1n) is 14.0. The van der Waals surface area contributed by atoms with Crippen LogP contribution in [0, 0.1) is 17.3 Å². The minimum absolute atomic E-state index is 0.412. The Hall–Kier alpha value is -3.39. The van der Waals surface area contributed by atoms with E-state index in [1.165, 1.54) is 19.3 Å². The van der Waals surface area contributed by atoms with Crippen molar-refractivity contribution >= 4 is 34.9 Å². The van der Waals surface area contributed by atoms with E-state index in [4.69, 9.17) is 38.2 Å². The zero-order valence-electron chi connectivity index (χ0n) is 22.4. The Kier molecular flexibility index (Phi) is 6.76. The monoisotopic (exact) mass is 588 g/mol. The number of hydrogen-bond donors (Lipinski definition) is 2. The number of hydrogen-bond acceptors (Lipinski definition) is 5. The first kappa shape index (κ1) is 26.5. The highest BCUT2D eigenvalue weighted by Crippen LogP contribution is 2.82. The quantitative estimate of drug-likeness (QED) is 0.227. The third kappa shape index (κ3) is 5.23. The topological polar surface area (TPSA) is 103 Å². The number of amides is 2. The predicted molar refractivity (Wildman–Crippen MR) is 159 cm³/mol. The number of nitrogens with zero attached hydrogens (tertiary/aromatic N) is 2. The standard InChI is InChI=1S/C20H19Cl2NO2.C12H11N3O/c21-14-2-1-3-15(22)17(14)18-12(19(25-23-18)10-4-5-10)9-24-16-6-11-7-20(11)8-13(16)20;13-12(16)15-11-5-1-3-9(7-11)10-4-2-6-14-8-10/h1-3,10-11,13,16H,4-9H2;1-8H,(H3,13,15,16). The summed E-state index contributed by atoms with van der Waals surface area (Å²) in [6.45, 7) is 0.552. The number of urea groups is 1. The maximum atomic E-state index is 10.7. The maximum Gasteiger partial charge on any atom is 0.316 e. The summed E-state index contributed by atoms with van der Waals surface area (Å²) in [6.07, 6.45) is 10.3. The molecule has 9 heteroatoms. The van der Waals surface area contributed by atoms with Gasteiger partial charge in [0.1, 0.15) is 11.5 Å². The summed E-state index contributed by atoms with van der Waals surface area (Å²) in [6, 6.07) is 16.2. The second-order valence-electron chi connectivity index (χ2n) is 11.6. The summed E-state index contributed by atoms with van der Waals surface area (Å²) in [4.78, 5) is 14.8. The molecule has 0 aliphatic heterocycles. The van der Waals surface area contributed by atoms with Gasteiger partial charge in [0.15, 0.2) is 0 Å². The van der Waals surface area contributed by atoms with Crippen molar-refractivity contribution in [2.24, 2.45) is 23.0 Å². The fourth-order valence-corrected chi connectivity index (χ4v) is 7.17. The number of carbonyl (C=O) groups is 1. The Morgan fingerprint density at radius 1 is 1.07 bits per heavy atom. The molecule has 2 heterocycles. The molecule has 3 N–H and O–H groups in total. The Labute approximate surface area is 248 Å². The van der Waals surface area contributed by atoms with Crippen molar-refractivity contribution in [1.82, 2.24) is 10.1 Å². The SMILES string of the molecule is Clc1cccc(Cl)c1-c1noc(C2CC2)c1COC1CC2CC23CC13.NC(=O)Nc1cccc(-c2cccnc2)c1. The Morgan fingerprint density at radius 2 is 1.85 bits per heavy atom. The third-order valence-corrected chi connectivity index (χ3v) is 9.59. The Balaban J connectivity index is 0.000000150. The molecule has 2 aromatic carbocycles. The second-order valence-corrected chi connectivity index (χ2v) is 12.4. The lowest BCUT2D eigenvalue weighted by atomic mass is 10.0. The fourth-order valence-electron chi connectivity index (χ4n) is 6.59. The van der Waals surface area contributed by atoms with Crippen molar-refractivity contribution in [2.45, 2.75) is 50.7 Å². The number of nitrogens with one attached hydrogen (secondary N) is 1. The number of primary amides is 1. The number of rotatable bonds is 7. The largest absolute Gasteiger partial charge is 0.373 e. The van der Waals surface area contributed by atoms with E-state index in [0.29, 0.717) is 39.8 Å². The van der Waals surface area contributed by atoms with Gasteiger partial charge in [-0.2, -0.15) is 0 Å². The number of carbonyl (C=O) groups excluding carboxylic acids is 1. The number of halogens is 2. The second kappa shape index (κ2) is 10.5. The molecule has 2 aromatic heterocycles. The van der Waals surface area contributed by atoms with Gasteiger partial charge in [0.05, 0.1) is 22.8 Å². The number of anilines is 1. The summed E-state index contributed by atoms with van der Waals surface area (Å²) in [5, 5.41) is 8.08. The fraction of sp³-hybridized carbons (Fsp3) is 0.344. The van der Waals surface area contributed by atoms with Crippen LogP contribution in [0.4, 0.5) is 10.5 Å². The molecule has 4 aliphatic rings. The molecule has 4 aliphatic carbocycles. The van der Waals surface area contributed by atoms with Crippen LogP contribution in [0.5, 0.6) is 0 Å². The first-order chi connectivity index (χ1) is 19.9. The molecule has 2 amide bonds. The molecule has 8 rings (SSSR count). The van der Waals surface area contributed by atoms with E-state index in [1.54, 1.807) is 18.5 Å². The van der Waals surface area contributed by atoms with Crippen LogP contribution in [0.1, 0.15) is 49.3 Å². The normalized spacial score (nSPS) is 25.0. The van der Waals surface area contributed by atoms with Gasteiger partial charge >= 0.3 is 6.03 Å². The predicted octanol–water partition coefficient (Wildman–Crippen LogP) is 8.08. The highest BCUT2D eigenvalue weighted by Gasteiger charge is 2.77. The minimum Gasteiger partial charge on any atom is -0.373 e. The molecule has 7 nitrogen and oxygen atoms in total. The van der Waals surface area contributed by atoms with Gasteiger partial charge in [-0.25, -0.2) is 4.79 Å². The summed E-state index contributed by atoms with van der Waals surface area (Å²) < 4.78 is 12.1. The Morgan fingerprint density at radius 3 is 2.51 bits per heavy atom. The van der Waals surface area contributed by atoms with Gasteiger partial charge < -0.3 is 20.3 Å². The number of benzene rings is 2. The summed E-state index contributed by atoms with van der Waals surface area (Å²) in [5.74, 6) is 3.18. The van der Waals surface area contributed by atoms with Gasteiger partial charge in [-0.05, 0) is 85.3 Å². The minimum atomic E-state index is -0.566.